The van der Waals surface area contributed by atoms with Crippen LogP contribution in [0.25, 0.3) is 0 Å². The summed E-state index contributed by atoms with van der Waals surface area (Å²) in [5.74, 6) is 6.68. The molecule has 91 heavy (non-hydrogen) atoms. The number of hydrogen-bond acceptors (Lipinski definition) is 11. The zero-order valence-electron chi connectivity index (χ0n) is 58.0. The molecule has 2 aliphatic rings. The number of benzene rings is 2. The second-order valence-corrected chi connectivity index (χ2v) is 27.0. The Morgan fingerprint density at radius 2 is 0.901 bits per heavy atom. The standard InChI is InChI=1S/C79H125NO11/c1-9-14-29-65(12-4)60-88-62(6)27-22-18-16-19-23-28-63(7)90-74-46-42-69(43-47-74)56-64(8)86-54-50-67-36-40-71(41-37-67)58-76(82)80(52-11-3)53-26-31-73(81)57-70-38-34-68(35-39-70)51-55-87-79(85)59-72-44-48-75(49-45-72)91-78(84)33-25-21-17-20-24-32-77(83)89-61-66(13-5)30-15-10-2/h42-49,65-68,70-71H,6-41,50-61H2,1-5H3. The molecule has 2 aromatic carbocycles. The molecule has 2 unspecified atom stereocenters. The first-order valence-corrected chi connectivity index (χ1v) is 36.6. The minimum Gasteiger partial charge on any atom is -0.498 e. The predicted octanol–water partition coefficient (Wildman–Crippen LogP) is 20.1. The van der Waals surface area contributed by atoms with Crippen molar-refractivity contribution in [3.63, 3.8) is 0 Å². The molecule has 0 saturated heterocycles. The molecule has 2 atom stereocenters. The Bertz CT molecular complexity index is 2350. The number of carbonyl (C=O) groups excluding carboxylic acids is 5. The number of hydrogen-bond donors (Lipinski definition) is 0. The van der Waals surface area contributed by atoms with E-state index in [0.717, 1.165) is 208 Å². The van der Waals surface area contributed by atoms with Gasteiger partial charge in [-0.1, -0.05) is 181 Å². The molecule has 2 saturated carbocycles. The molecule has 2 aromatic rings. The topological polar surface area (TPSA) is 144 Å². The first kappa shape index (κ1) is 78.1. The van der Waals surface area contributed by atoms with Crippen LogP contribution >= 0.6 is 0 Å². The van der Waals surface area contributed by atoms with Crippen molar-refractivity contribution in [2.24, 2.45) is 35.5 Å². The molecule has 4 rings (SSSR count). The number of unbranched alkanes of at least 4 members (excludes halogenated alkanes) is 10. The zero-order valence-corrected chi connectivity index (χ0v) is 58.0. The van der Waals surface area contributed by atoms with Crippen molar-refractivity contribution in [2.45, 2.75) is 285 Å². The third-order valence-corrected chi connectivity index (χ3v) is 19.1. The van der Waals surface area contributed by atoms with Gasteiger partial charge in [-0.25, -0.2) is 0 Å². The summed E-state index contributed by atoms with van der Waals surface area (Å²) in [5.41, 5.74) is 1.94. The predicted molar refractivity (Wildman–Crippen MR) is 370 cm³/mol. The van der Waals surface area contributed by atoms with Gasteiger partial charge in [0.1, 0.15) is 17.3 Å². The molecule has 12 heteroatoms. The summed E-state index contributed by atoms with van der Waals surface area (Å²) < 4.78 is 34.8. The lowest BCUT2D eigenvalue weighted by Crippen LogP contribution is -2.34. The molecule has 12 nitrogen and oxygen atoms in total. The summed E-state index contributed by atoms with van der Waals surface area (Å²) in [7, 11) is 0. The third-order valence-electron chi connectivity index (χ3n) is 19.1. The minimum absolute atomic E-state index is 0.107. The van der Waals surface area contributed by atoms with Gasteiger partial charge >= 0.3 is 17.9 Å². The quantitative estimate of drug-likeness (QED) is 0.0270. The molecule has 1 amide bonds. The van der Waals surface area contributed by atoms with E-state index in [9.17, 15) is 24.0 Å². The highest BCUT2D eigenvalue weighted by molar-refractivity contribution is 5.79. The molecule has 0 aliphatic heterocycles. The lowest BCUT2D eigenvalue weighted by atomic mass is 9.78. The average Bonchev–Trinajstić information content (AvgIpc) is 3.37. The monoisotopic (exact) mass is 1260 g/mol. The molecular weight excluding hydrogens is 1140 g/mol. The molecule has 2 fully saturated rings. The first-order valence-electron chi connectivity index (χ1n) is 36.6. The Morgan fingerprint density at radius 3 is 1.45 bits per heavy atom. The summed E-state index contributed by atoms with van der Waals surface area (Å²) in [6.45, 7) is 27.3. The number of nitrogens with zero attached hydrogens (tertiary/aromatic N) is 1. The maximum absolute atomic E-state index is 13.6. The van der Waals surface area contributed by atoms with Gasteiger partial charge in [0.2, 0.25) is 5.91 Å². The van der Waals surface area contributed by atoms with Gasteiger partial charge in [-0.3, -0.25) is 24.0 Å². The van der Waals surface area contributed by atoms with Crippen molar-refractivity contribution in [2.75, 3.05) is 39.5 Å². The summed E-state index contributed by atoms with van der Waals surface area (Å²) in [6.07, 6.45) is 36.6. The van der Waals surface area contributed by atoms with Crippen LogP contribution in [0.1, 0.15) is 283 Å². The van der Waals surface area contributed by atoms with Gasteiger partial charge in [0, 0.05) is 64.5 Å². The molecule has 0 aromatic heterocycles. The summed E-state index contributed by atoms with van der Waals surface area (Å²) in [5, 5.41) is 0. The van der Waals surface area contributed by atoms with Crippen LogP contribution in [-0.4, -0.2) is 74.0 Å². The largest absolute Gasteiger partial charge is 0.498 e. The highest BCUT2D eigenvalue weighted by Crippen LogP contribution is 2.35. The fourth-order valence-corrected chi connectivity index (χ4v) is 12.9. The van der Waals surface area contributed by atoms with Crippen LogP contribution in [0.5, 0.6) is 11.5 Å². The van der Waals surface area contributed by atoms with Gasteiger partial charge < -0.3 is 33.3 Å². The number of ether oxygens (including phenoxy) is 6. The van der Waals surface area contributed by atoms with Crippen LogP contribution in [0.15, 0.2) is 85.5 Å². The van der Waals surface area contributed by atoms with E-state index in [4.69, 9.17) is 28.4 Å². The van der Waals surface area contributed by atoms with Crippen LogP contribution in [0, 0.1) is 35.5 Å². The first-order chi connectivity index (χ1) is 44.2. The van der Waals surface area contributed by atoms with E-state index < -0.39 is 0 Å². The molecule has 0 radical (unpaired) electrons. The van der Waals surface area contributed by atoms with Crippen molar-refractivity contribution in [1.82, 2.24) is 4.90 Å². The van der Waals surface area contributed by atoms with E-state index >= 15 is 0 Å². The summed E-state index contributed by atoms with van der Waals surface area (Å²) >= 11 is 0. The Labute approximate surface area is 552 Å². The van der Waals surface area contributed by atoms with E-state index in [2.05, 4.69) is 66.5 Å². The van der Waals surface area contributed by atoms with Crippen molar-refractivity contribution in [3.8, 4) is 11.5 Å². The number of Topliss-reactive ketones (excluding diaryl/α,β-unsaturated/α-hetero) is 1. The van der Waals surface area contributed by atoms with Crippen LogP contribution in [0.3, 0.4) is 0 Å². The third kappa shape index (κ3) is 36.6. The Kier molecular flexibility index (Phi) is 41.5. The lowest BCUT2D eigenvalue weighted by Gasteiger charge is -2.30. The van der Waals surface area contributed by atoms with Crippen LogP contribution in [-0.2, 0) is 55.8 Å². The van der Waals surface area contributed by atoms with E-state index in [1.165, 1.54) is 44.9 Å². The maximum atomic E-state index is 13.6. The molecule has 0 spiro atoms. The van der Waals surface area contributed by atoms with E-state index in [0.29, 0.717) is 112 Å². The fraction of sp³-hybridized carbons (Fsp3) is 0.709. The normalized spacial score (nSPS) is 17.1. The van der Waals surface area contributed by atoms with Gasteiger partial charge in [0.15, 0.2) is 0 Å². The number of rotatable bonds is 53. The van der Waals surface area contributed by atoms with Crippen LogP contribution in [0.2, 0.25) is 0 Å². The van der Waals surface area contributed by atoms with E-state index in [1.54, 1.807) is 24.3 Å². The number of allylic oxidation sites excluding steroid dienone is 3. The smallest absolute Gasteiger partial charge is 0.311 e. The Hall–Kier alpha value is -5.39. The second-order valence-electron chi connectivity index (χ2n) is 27.0. The maximum Gasteiger partial charge on any atom is 0.311 e. The fourth-order valence-electron chi connectivity index (χ4n) is 12.9. The molecule has 512 valence electrons. The van der Waals surface area contributed by atoms with Crippen LogP contribution < -0.4 is 9.47 Å². The van der Waals surface area contributed by atoms with Gasteiger partial charge in [-0.15, -0.1) is 0 Å². The summed E-state index contributed by atoms with van der Waals surface area (Å²) in [6, 6.07) is 15.2. The molecular formula is C79H125NO11. The number of carbonyl (C=O) groups is 5. The van der Waals surface area contributed by atoms with Crippen LogP contribution in [0.4, 0.5) is 0 Å². The average molecular weight is 1260 g/mol. The SMILES string of the molecule is C=C(CCCCCCCC(=C)Oc1ccc(CC(=C)OCCC2CCC(CC(=O)N(CCC)CCCC(=O)CC3CCC(CCOC(=O)Cc4ccc(OC(=O)CCCCCCCC(=O)OCC(CC)CCCC)cc4)CC3)CC2)cc1)OCC(CC)CCCC. The lowest BCUT2D eigenvalue weighted by molar-refractivity contribution is -0.145. The van der Waals surface area contributed by atoms with Crippen molar-refractivity contribution in [1.29, 1.82) is 0 Å². The van der Waals surface area contributed by atoms with Gasteiger partial charge in [0.05, 0.1) is 50.1 Å². The van der Waals surface area contributed by atoms with Crippen molar-refractivity contribution in [3.05, 3.63) is 96.7 Å². The highest BCUT2D eigenvalue weighted by Gasteiger charge is 2.27. The number of esters is 3. The number of ketones is 1. The van der Waals surface area contributed by atoms with Gasteiger partial charge in [0.25, 0.3) is 0 Å². The Balaban J connectivity index is 0.959. The molecule has 0 heterocycles. The Morgan fingerprint density at radius 1 is 0.429 bits per heavy atom. The zero-order chi connectivity index (χ0) is 65.7. The van der Waals surface area contributed by atoms with Gasteiger partial charge in [-0.2, -0.15) is 0 Å². The molecule has 2 aliphatic carbocycles. The van der Waals surface area contributed by atoms with Gasteiger partial charge in [-0.05, 0) is 161 Å². The van der Waals surface area contributed by atoms with Crippen molar-refractivity contribution >= 4 is 29.6 Å². The molecule has 0 N–H and O–H groups in total. The number of amides is 1. The van der Waals surface area contributed by atoms with E-state index in [-0.39, 0.29) is 30.2 Å². The van der Waals surface area contributed by atoms with E-state index in [1.807, 2.05) is 17.0 Å². The molecule has 0 bridgehead atoms. The minimum atomic E-state index is -0.277. The highest BCUT2D eigenvalue weighted by atomic mass is 16.5. The second kappa shape index (κ2) is 48.3. The van der Waals surface area contributed by atoms with Crippen molar-refractivity contribution < 1.29 is 52.4 Å². The summed E-state index contributed by atoms with van der Waals surface area (Å²) in [4.78, 5) is 66.0.